The second-order valence-electron chi connectivity index (χ2n) is 3.08. The Morgan fingerprint density at radius 3 is 2.50 bits per heavy atom. The molecule has 0 aromatic heterocycles. The highest BCUT2D eigenvalue weighted by Crippen LogP contribution is 2.24. The number of benzene rings is 1. The molecule has 0 fully saturated rings. The van der Waals surface area contributed by atoms with E-state index in [0.717, 1.165) is 10.5 Å². The van der Waals surface area contributed by atoms with Gasteiger partial charge in [-0.15, -0.1) is 11.8 Å². The zero-order chi connectivity index (χ0) is 9.14. The minimum atomic E-state index is -0.122. The highest BCUT2D eigenvalue weighted by Gasteiger charge is 2.01. The molecule has 1 aromatic carbocycles. The van der Waals surface area contributed by atoms with Gasteiger partial charge >= 0.3 is 0 Å². The average molecular weight is 184 g/mol. The first-order valence-corrected chi connectivity index (χ1v) is 4.90. The van der Waals surface area contributed by atoms with Gasteiger partial charge in [0.15, 0.2) is 0 Å². The molecule has 0 atom stereocenters. The summed E-state index contributed by atoms with van der Waals surface area (Å²) >= 11 is 1.75. The Bertz CT molecular complexity index is 269. The summed E-state index contributed by atoms with van der Waals surface area (Å²) in [4.78, 5) is 1.14. The normalized spacial score (nSPS) is 10.8. The molecule has 0 spiro atoms. The summed E-state index contributed by atoms with van der Waals surface area (Å²) in [5.74, 6) is -0.122. The van der Waals surface area contributed by atoms with Crippen molar-refractivity contribution in [3.05, 3.63) is 29.6 Å². The first-order valence-electron chi connectivity index (χ1n) is 4.02. The second-order valence-corrected chi connectivity index (χ2v) is 4.73. The molecule has 0 amide bonds. The number of halogens is 1. The van der Waals surface area contributed by atoms with Gasteiger partial charge < -0.3 is 0 Å². The van der Waals surface area contributed by atoms with E-state index in [1.807, 2.05) is 12.1 Å². The molecule has 0 bridgehead atoms. The maximum atomic E-state index is 12.8. The fraction of sp³-hybridized carbons (Fsp3) is 0.400. The van der Waals surface area contributed by atoms with E-state index in [1.54, 1.807) is 18.7 Å². The summed E-state index contributed by atoms with van der Waals surface area (Å²) in [6.07, 6.45) is 0. The molecule has 0 N–H and O–H groups in total. The first kappa shape index (κ1) is 9.59. The molecule has 0 unspecified atom stereocenters. The molecule has 0 aliphatic carbocycles. The number of aryl methyl sites for hydroxylation is 1. The van der Waals surface area contributed by atoms with Crippen LogP contribution >= 0.6 is 11.8 Å². The van der Waals surface area contributed by atoms with Gasteiger partial charge in [-0.3, -0.25) is 0 Å². The van der Waals surface area contributed by atoms with Crippen LogP contribution in [0.15, 0.2) is 23.1 Å². The topological polar surface area (TPSA) is 0 Å². The van der Waals surface area contributed by atoms with Crippen LogP contribution in [-0.2, 0) is 0 Å². The van der Waals surface area contributed by atoms with Crippen LogP contribution in [0.5, 0.6) is 0 Å². The monoisotopic (exact) mass is 184 g/mol. The van der Waals surface area contributed by atoms with Crippen LogP contribution in [0.1, 0.15) is 19.4 Å². The number of hydrogen-bond acceptors (Lipinski definition) is 1. The van der Waals surface area contributed by atoms with Crippen molar-refractivity contribution in [2.75, 3.05) is 0 Å². The van der Waals surface area contributed by atoms with Gasteiger partial charge in [-0.25, -0.2) is 4.39 Å². The van der Waals surface area contributed by atoms with Gasteiger partial charge in [0.25, 0.3) is 0 Å². The van der Waals surface area contributed by atoms with Crippen LogP contribution in [0.2, 0.25) is 0 Å². The molecular formula is C10H13FS. The summed E-state index contributed by atoms with van der Waals surface area (Å²) in [6.45, 7) is 6.05. The van der Waals surface area contributed by atoms with Gasteiger partial charge in [0.05, 0.1) is 0 Å². The Labute approximate surface area is 77.2 Å². The van der Waals surface area contributed by atoms with E-state index in [9.17, 15) is 4.39 Å². The van der Waals surface area contributed by atoms with Gasteiger partial charge in [0.2, 0.25) is 0 Å². The lowest BCUT2D eigenvalue weighted by molar-refractivity contribution is 0.617. The molecule has 0 radical (unpaired) electrons. The van der Waals surface area contributed by atoms with Crippen LogP contribution in [0.25, 0.3) is 0 Å². The predicted molar refractivity (Wildman–Crippen MR) is 52.1 cm³/mol. The molecular weight excluding hydrogens is 171 g/mol. The van der Waals surface area contributed by atoms with E-state index in [0.29, 0.717) is 5.25 Å². The van der Waals surface area contributed by atoms with Crippen molar-refractivity contribution in [3.8, 4) is 0 Å². The van der Waals surface area contributed by atoms with Crippen molar-refractivity contribution in [1.29, 1.82) is 0 Å². The van der Waals surface area contributed by atoms with Crippen molar-refractivity contribution in [3.63, 3.8) is 0 Å². The molecule has 12 heavy (non-hydrogen) atoms. The summed E-state index contributed by atoms with van der Waals surface area (Å²) in [6, 6.07) is 5.24. The standard InChI is InChI=1S/C10H13FS/c1-7(2)12-9-4-5-10(11)8(3)6-9/h4-7H,1-3H3. The molecule has 0 saturated carbocycles. The molecule has 66 valence electrons. The van der Waals surface area contributed by atoms with Crippen molar-refractivity contribution < 1.29 is 4.39 Å². The largest absolute Gasteiger partial charge is 0.207 e. The van der Waals surface area contributed by atoms with E-state index in [4.69, 9.17) is 0 Å². The van der Waals surface area contributed by atoms with Gasteiger partial charge in [-0.05, 0) is 30.7 Å². The van der Waals surface area contributed by atoms with Crippen molar-refractivity contribution in [1.82, 2.24) is 0 Å². The van der Waals surface area contributed by atoms with Crippen molar-refractivity contribution in [2.45, 2.75) is 30.9 Å². The third-order valence-electron chi connectivity index (χ3n) is 1.50. The van der Waals surface area contributed by atoms with E-state index >= 15 is 0 Å². The molecule has 0 heterocycles. The molecule has 1 aromatic rings. The second kappa shape index (κ2) is 3.94. The van der Waals surface area contributed by atoms with Gasteiger partial charge in [-0.1, -0.05) is 13.8 Å². The lowest BCUT2D eigenvalue weighted by Crippen LogP contribution is -1.87. The smallest absolute Gasteiger partial charge is 0.126 e. The van der Waals surface area contributed by atoms with Gasteiger partial charge in [0, 0.05) is 10.1 Å². The van der Waals surface area contributed by atoms with Gasteiger partial charge in [-0.2, -0.15) is 0 Å². The van der Waals surface area contributed by atoms with Crippen LogP contribution in [0.4, 0.5) is 4.39 Å². The molecule has 0 saturated heterocycles. The Balaban J connectivity index is 2.82. The number of hydrogen-bond donors (Lipinski definition) is 0. The van der Waals surface area contributed by atoms with E-state index in [1.165, 1.54) is 6.07 Å². The minimum Gasteiger partial charge on any atom is -0.207 e. The Hall–Kier alpha value is -0.500. The molecule has 0 aliphatic heterocycles. The summed E-state index contributed by atoms with van der Waals surface area (Å²) in [7, 11) is 0. The maximum Gasteiger partial charge on any atom is 0.126 e. The lowest BCUT2D eigenvalue weighted by atomic mass is 10.2. The SMILES string of the molecule is Cc1cc(SC(C)C)ccc1F. The van der Waals surface area contributed by atoms with Crippen molar-refractivity contribution in [2.24, 2.45) is 0 Å². The highest BCUT2D eigenvalue weighted by molar-refractivity contribution is 7.99. The Kier molecular flexibility index (Phi) is 3.15. The minimum absolute atomic E-state index is 0.122. The summed E-state index contributed by atoms with van der Waals surface area (Å²) in [5.41, 5.74) is 0.723. The first-order chi connectivity index (χ1) is 5.59. The Morgan fingerprint density at radius 1 is 1.33 bits per heavy atom. The zero-order valence-corrected chi connectivity index (χ0v) is 8.41. The Morgan fingerprint density at radius 2 is 2.00 bits per heavy atom. The average Bonchev–Trinajstić information content (AvgIpc) is 1.96. The summed E-state index contributed by atoms with van der Waals surface area (Å²) in [5, 5.41) is 0.551. The molecule has 0 nitrogen and oxygen atoms in total. The highest BCUT2D eigenvalue weighted by atomic mass is 32.2. The van der Waals surface area contributed by atoms with Crippen LogP contribution < -0.4 is 0 Å². The van der Waals surface area contributed by atoms with Crippen LogP contribution in [0.3, 0.4) is 0 Å². The zero-order valence-electron chi connectivity index (χ0n) is 7.60. The van der Waals surface area contributed by atoms with E-state index in [-0.39, 0.29) is 5.82 Å². The summed E-state index contributed by atoms with van der Waals surface area (Å²) < 4.78 is 12.8. The third-order valence-corrected chi connectivity index (χ3v) is 2.50. The number of thioether (sulfide) groups is 1. The fourth-order valence-corrected chi connectivity index (χ4v) is 1.90. The van der Waals surface area contributed by atoms with E-state index < -0.39 is 0 Å². The number of rotatable bonds is 2. The molecule has 0 aliphatic rings. The lowest BCUT2D eigenvalue weighted by Gasteiger charge is -2.05. The molecule has 2 heteroatoms. The van der Waals surface area contributed by atoms with E-state index in [2.05, 4.69) is 13.8 Å². The fourth-order valence-electron chi connectivity index (χ4n) is 0.963. The van der Waals surface area contributed by atoms with Gasteiger partial charge in [0.1, 0.15) is 5.82 Å². The quantitative estimate of drug-likeness (QED) is 0.632. The maximum absolute atomic E-state index is 12.8. The predicted octanol–water partition coefficient (Wildman–Crippen LogP) is 3.63. The third kappa shape index (κ3) is 2.52. The van der Waals surface area contributed by atoms with Crippen LogP contribution in [0, 0.1) is 12.7 Å². The molecule has 1 rings (SSSR count). The van der Waals surface area contributed by atoms with Crippen molar-refractivity contribution >= 4 is 11.8 Å². The van der Waals surface area contributed by atoms with Crippen LogP contribution in [-0.4, -0.2) is 5.25 Å².